The van der Waals surface area contributed by atoms with Crippen molar-refractivity contribution in [2.45, 2.75) is 6.92 Å². The van der Waals surface area contributed by atoms with Crippen molar-refractivity contribution in [3.63, 3.8) is 0 Å². The molecule has 6 heteroatoms. The molecule has 0 fully saturated rings. The predicted octanol–water partition coefficient (Wildman–Crippen LogP) is 6.76. The fraction of sp³-hybridized carbons (Fsp3) is 0.0417. The molecule has 2 aromatic heterocycles. The van der Waals surface area contributed by atoms with Crippen molar-refractivity contribution in [1.82, 2.24) is 20.0 Å². The Morgan fingerprint density at radius 1 is 0.667 bits per heavy atom. The first kappa shape index (κ1) is 18.8. The minimum atomic E-state index is 0.672. The molecule has 0 aliphatic rings. The lowest BCUT2D eigenvalue weighted by atomic mass is 10.0. The second-order valence-corrected chi connectivity index (χ2v) is 7.96. The third kappa shape index (κ3) is 3.45. The molecule has 0 N–H and O–H groups in total. The average Bonchev–Trinajstić information content (AvgIpc) is 3.20. The molecule has 0 bridgehead atoms. The molecule has 5 rings (SSSR count). The number of fused-ring (bicyclic) bond motifs is 1. The molecule has 2 heterocycles. The van der Waals surface area contributed by atoms with Gasteiger partial charge in [-0.1, -0.05) is 65.2 Å². The lowest BCUT2D eigenvalue weighted by Crippen LogP contribution is -1.95. The number of halogens is 2. The van der Waals surface area contributed by atoms with E-state index in [4.69, 9.17) is 28.3 Å². The molecule has 0 saturated carbocycles. The van der Waals surface area contributed by atoms with Gasteiger partial charge in [-0.15, -0.1) is 10.2 Å². The van der Waals surface area contributed by atoms with E-state index >= 15 is 0 Å². The van der Waals surface area contributed by atoms with Gasteiger partial charge in [0.15, 0.2) is 0 Å². The van der Waals surface area contributed by atoms with Crippen LogP contribution in [0.1, 0.15) is 5.56 Å². The first-order chi connectivity index (χ1) is 14.6. The fourth-order valence-electron chi connectivity index (χ4n) is 3.38. The van der Waals surface area contributed by atoms with Crippen LogP contribution in [0.5, 0.6) is 0 Å². The number of rotatable bonds is 3. The van der Waals surface area contributed by atoms with Gasteiger partial charge in [0.25, 0.3) is 0 Å². The highest BCUT2D eigenvalue weighted by molar-refractivity contribution is 6.30. The van der Waals surface area contributed by atoms with E-state index in [-0.39, 0.29) is 0 Å². The van der Waals surface area contributed by atoms with E-state index in [1.807, 2.05) is 59.4 Å². The van der Waals surface area contributed by atoms with Crippen LogP contribution in [0.25, 0.3) is 39.1 Å². The zero-order chi connectivity index (χ0) is 20.7. The minimum absolute atomic E-state index is 0.672. The van der Waals surface area contributed by atoms with Gasteiger partial charge >= 0.3 is 0 Å². The molecule has 30 heavy (non-hydrogen) atoms. The second-order valence-electron chi connectivity index (χ2n) is 7.08. The predicted molar refractivity (Wildman–Crippen MR) is 122 cm³/mol. The van der Waals surface area contributed by atoms with Gasteiger partial charge in [-0.05, 0) is 43.3 Å². The molecular weight excluding hydrogens is 415 g/mol. The van der Waals surface area contributed by atoms with Crippen molar-refractivity contribution in [2.24, 2.45) is 0 Å². The summed E-state index contributed by atoms with van der Waals surface area (Å²) in [5, 5.41) is 16.2. The molecule has 0 saturated heterocycles. The third-order valence-electron chi connectivity index (χ3n) is 4.98. The van der Waals surface area contributed by atoms with E-state index < -0.39 is 0 Å². The summed E-state index contributed by atoms with van der Waals surface area (Å²) in [5.74, 6) is 0. The number of aromatic nitrogens is 4. The summed E-state index contributed by atoms with van der Waals surface area (Å²) in [5.41, 5.74) is 6.29. The largest absolute Gasteiger partial charge is 0.240 e. The minimum Gasteiger partial charge on any atom is -0.240 e. The number of hydrogen-bond acceptors (Lipinski definition) is 3. The SMILES string of the molecule is Cc1ccc(-c2nnc(-c3ccc(Cl)cc3)c3nn(-c4ccc(Cl)cc4)cc23)cc1. The Kier molecular flexibility index (Phi) is 4.74. The number of benzene rings is 3. The van der Waals surface area contributed by atoms with Gasteiger partial charge in [0, 0.05) is 27.4 Å². The summed E-state index contributed by atoms with van der Waals surface area (Å²) >= 11 is 12.1. The molecular formula is C24H16Cl2N4. The van der Waals surface area contributed by atoms with Gasteiger partial charge in [-0.3, -0.25) is 0 Å². The maximum atomic E-state index is 6.07. The normalized spacial score (nSPS) is 11.2. The first-order valence-corrected chi connectivity index (χ1v) is 10.2. The summed E-state index contributed by atoms with van der Waals surface area (Å²) in [6.07, 6.45) is 1.99. The molecule has 3 aromatic carbocycles. The van der Waals surface area contributed by atoms with E-state index in [1.54, 1.807) is 0 Å². The molecule has 0 amide bonds. The Hall–Kier alpha value is -3.21. The van der Waals surface area contributed by atoms with Gasteiger partial charge in [0.05, 0.1) is 11.1 Å². The molecule has 0 aliphatic heterocycles. The maximum absolute atomic E-state index is 6.07. The van der Waals surface area contributed by atoms with Gasteiger partial charge in [0.1, 0.15) is 16.9 Å². The van der Waals surface area contributed by atoms with E-state index in [0.717, 1.165) is 33.4 Å². The molecule has 4 nitrogen and oxygen atoms in total. The molecule has 0 unspecified atom stereocenters. The fourth-order valence-corrected chi connectivity index (χ4v) is 3.63. The van der Waals surface area contributed by atoms with Crippen molar-refractivity contribution in [3.05, 3.63) is 94.6 Å². The van der Waals surface area contributed by atoms with E-state index in [2.05, 4.69) is 41.4 Å². The van der Waals surface area contributed by atoms with Crippen molar-refractivity contribution in [3.8, 4) is 28.2 Å². The lowest BCUT2D eigenvalue weighted by Gasteiger charge is -2.06. The molecule has 146 valence electrons. The third-order valence-corrected chi connectivity index (χ3v) is 5.48. The number of aryl methyl sites for hydroxylation is 1. The maximum Gasteiger partial charge on any atom is 0.123 e. The standard InChI is InChI=1S/C24H16Cl2N4/c1-15-2-4-16(5-3-15)22-21-14-30(20-12-10-19(26)11-13-20)29-24(21)23(28-27-22)17-6-8-18(25)9-7-17/h2-14H,1H3. The summed E-state index contributed by atoms with van der Waals surface area (Å²) in [4.78, 5) is 0. The highest BCUT2D eigenvalue weighted by Crippen LogP contribution is 2.33. The summed E-state index contributed by atoms with van der Waals surface area (Å²) in [6.45, 7) is 2.06. The van der Waals surface area contributed by atoms with Crippen molar-refractivity contribution >= 4 is 34.1 Å². The molecule has 0 atom stereocenters. The van der Waals surface area contributed by atoms with Crippen molar-refractivity contribution in [1.29, 1.82) is 0 Å². The van der Waals surface area contributed by atoms with Crippen LogP contribution in [0.15, 0.2) is 79.0 Å². The summed E-state index contributed by atoms with van der Waals surface area (Å²) < 4.78 is 1.83. The van der Waals surface area contributed by atoms with Crippen LogP contribution in [0.4, 0.5) is 0 Å². The zero-order valence-electron chi connectivity index (χ0n) is 16.1. The molecule has 0 radical (unpaired) electrons. The Labute approximate surface area is 183 Å². The van der Waals surface area contributed by atoms with Crippen LogP contribution in [-0.4, -0.2) is 20.0 Å². The van der Waals surface area contributed by atoms with Crippen LogP contribution in [0, 0.1) is 6.92 Å². The Morgan fingerprint density at radius 2 is 1.20 bits per heavy atom. The van der Waals surface area contributed by atoms with Crippen LogP contribution < -0.4 is 0 Å². The van der Waals surface area contributed by atoms with Crippen LogP contribution in [0.2, 0.25) is 10.0 Å². The Bertz CT molecular complexity index is 1260. The van der Waals surface area contributed by atoms with Crippen LogP contribution >= 0.6 is 23.2 Å². The number of nitrogens with zero attached hydrogens (tertiary/aromatic N) is 4. The number of hydrogen-bond donors (Lipinski definition) is 0. The summed E-state index contributed by atoms with van der Waals surface area (Å²) in [6, 6.07) is 23.4. The van der Waals surface area contributed by atoms with Crippen LogP contribution in [0.3, 0.4) is 0 Å². The van der Waals surface area contributed by atoms with Gasteiger partial charge in [-0.2, -0.15) is 5.10 Å². The average molecular weight is 431 g/mol. The molecule has 0 spiro atoms. The topological polar surface area (TPSA) is 43.6 Å². The Morgan fingerprint density at radius 3 is 1.87 bits per heavy atom. The zero-order valence-corrected chi connectivity index (χ0v) is 17.6. The molecule has 0 aliphatic carbocycles. The summed E-state index contributed by atoms with van der Waals surface area (Å²) in [7, 11) is 0. The van der Waals surface area contributed by atoms with Gasteiger partial charge in [0.2, 0.25) is 0 Å². The molecule has 5 aromatic rings. The van der Waals surface area contributed by atoms with Gasteiger partial charge < -0.3 is 0 Å². The lowest BCUT2D eigenvalue weighted by molar-refractivity contribution is 0.895. The second kappa shape index (κ2) is 7.56. The highest BCUT2D eigenvalue weighted by atomic mass is 35.5. The van der Waals surface area contributed by atoms with E-state index in [9.17, 15) is 0 Å². The van der Waals surface area contributed by atoms with Gasteiger partial charge in [-0.25, -0.2) is 4.68 Å². The highest BCUT2D eigenvalue weighted by Gasteiger charge is 2.17. The van der Waals surface area contributed by atoms with E-state index in [1.165, 1.54) is 5.56 Å². The smallest absolute Gasteiger partial charge is 0.123 e. The van der Waals surface area contributed by atoms with E-state index in [0.29, 0.717) is 15.7 Å². The quantitative estimate of drug-likeness (QED) is 0.317. The van der Waals surface area contributed by atoms with Crippen molar-refractivity contribution in [2.75, 3.05) is 0 Å². The monoisotopic (exact) mass is 430 g/mol. The van der Waals surface area contributed by atoms with Crippen molar-refractivity contribution < 1.29 is 0 Å². The Balaban J connectivity index is 1.75. The first-order valence-electron chi connectivity index (χ1n) is 9.43. The van der Waals surface area contributed by atoms with Crippen LogP contribution in [-0.2, 0) is 0 Å².